The van der Waals surface area contributed by atoms with Gasteiger partial charge in [-0.1, -0.05) is 41.1 Å². The first-order chi connectivity index (χ1) is 8.50. The molecule has 0 aliphatic heterocycles. The van der Waals surface area contributed by atoms with Crippen molar-refractivity contribution in [2.75, 3.05) is 11.9 Å². The monoisotopic (exact) mass is 282 g/mol. The molecule has 0 bridgehead atoms. The molecule has 0 atom stereocenters. The molecule has 0 radical (unpaired) electrons. The third kappa shape index (κ3) is 2.32. The summed E-state index contributed by atoms with van der Waals surface area (Å²) in [6.07, 6.45) is 0. The van der Waals surface area contributed by atoms with E-state index in [1.54, 1.807) is 0 Å². The van der Waals surface area contributed by atoms with Gasteiger partial charge in [0.25, 0.3) is 0 Å². The van der Waals surface area contributed by atoms with Crippen molar-refractivity contribution in [1.82, 2.24) is 4.98 Å². The highest BCUT2D eigenvalue weighted by atomic mass is 35.5. The van der Waals surface area contributed by atoms with Crippen LogP contribution in [-0.4, -0.2) is 23.1 Å². The zero-order valence-electron chi connectivity index (χ0n) is 9.85. The van der Waals surface area contributed by atoms with E-state index in [1.807, 2.05) is 43.1 Å². The van der Waals surface area contributed by atoms with Crippen LogP contribution in [0.5, 0.6) is 0 Å². The Morgan fingerprint density at radius 3 is 2.67 bits per heavy atom. The lowest BCUT2D eigenvalue weighted by Gasteiger charge is -2.17. The lowest BCUT2D eigenvalue weighted by atomic mass is 10.2. The maximum atomic E-state index is 10.9. The molecule has 0 saturated heterocycles. The predicted octanol–water partition coefficient (Wildman–Crippen LogP) is 3.57. The number of carbonyl (C=O) groups is 1. The standard InChI is InChI=1S/C12H11ClN2O2S/c1-7-5-3-4-6-8(7)15(2)12-14-10(13)9(18-12)11(16)17/h3-6H,1-2H3,(H,16,17). The van der Waals surface area contributed by atoms with Crippen LogP contribution in [0.3, 0.4) is 0 Å². The van der Waals surface area contributed by atoms with Crippen molar-refractivity contribution in [2.24, 2.45) is 0 Å². The number of aryl methyl sites for hydroxylation is 1. The van der Waals surface area contributed by atoms with E-state index in [0.29, 0.717) is 5.13 Å². The molecule has 0 spiro atoms. The number of carboxylic acid groups (broad SMARTS) is 1. The van der Waals surface area contributed by atoms with Crippen molar-refractivity contribution in [3.8, 4) is 0 Å². The number of hydrogen-bond acceptors (Lipinski definition) is 4. The van der Waals surface area contributed by atoms with Crippen molar-refractivity contribution < 1.29 is 9.90 Å². The number of rotatable bonds is 3. The number of hydrogen-bond donors (Lipinski definition) is 1. The number of anilines is 2. The first kappa shape index (κ1) is 12.9. The summed E-state index contributed by atoms with van der Waals surface area (Å²) in [4.78, 5) is 16.9. The van der Waals surface area contributed by atoms with Gasteiger partial charge < -0.3 is 10.0 Å². The second-order valence-electron chi connectivity index (χ2n) is 3.77. The van der Waals surface area contributed by atoms with Gasteiger partial charge in [0.1, 0.15) is 0 Å². The summed E-state index contributed by atoms with van der Waals surface area (Å²) in [5, 5.41) is 9.55. The maximum Gasteiger partial charge on any atom is 0.349 e. The van der Waals surface area contributed by atoms with Crippen LogP contribution < -0.4 is 4.90 Å². The zero-order chi connectivity index (χ0) is 13.3. The van der Waals surface area contributed by atoms with Gasteiger partial charge in [0, 0.05) is 12.7 Å². The molecule has 0 aliphatic carbocycles. The average molecular weight is 283 g/mol. The molecule has 0 unspecified atom stereocenters. The van der Waals surface area contributed by atoms with Gasteiger partial charge in [-0.15, -0.1) is 0 Å². The summed E-state index contributed by atoms with van der Waals surface area (Å²) in [5.74, 6) is -1.05. The Hall–Kier alpha value is -1.59. The number of aromatic carboxylic acids is 1. The molecule has 1 aromatic heterocycles. The Morgan fingerprint density at radius 2 is 2.11 bits per heavy atom. The third-order valence-electron chi connectivity index (χ3n) is 2.53. The maximum absolute atomic E-state index is 10.9. The number of aromatic nitrogens is 1. The van der Waals surface area contributed by atoms with E-state index < -0.39 is 5.97 Å². The molecule has 0 aliphatic rings. The number of nitrogens with zero attached hydrogens (tertiary/aromatic N) is 2. The van der Waals surface area contributed by atoms with Gasteiger partial charge in [0.2, 0.25) is 0 Å². The highest BCUT2D eigenvalue weighted by Crippen LogP contribution is 2.33. The summed E-state index contributed by atoms with van der Waals surface area (Å²) < 4.78 is 0. The van der Waals surface area contributed by atoms with Crippen molar-refractivity contribution in [3.63, 3.8) is 0 Å². The minimum absolute atomic E-state index is 0.0305. The smallest absolute Gasteiger partial charge is 0.349 e. The summed E-state index contributed by atoms with van der Waals surface area (Å²) in [6.45, 7) is 1.99. The fourth-order valence-electron chi connectivity index (χ4n) is 1.61. The van der Waals surface area contributed by atoms with Gasteiger partial charge in [-0.2, -0.15) is 0 Å². The van der Waals surface area contributed by atoms with Gasteiger partial charge in [-0.05, 0) is 18.6 Å². The SMILES string of the molecule is Cc1ccccc1N(C)c1nc(Cl)c(C(=O)O)s1. The Labute approximate surface area is 113 Å². The summed E-state index contributed by atoms with van der Waals surface area (Å²) in [5.41, 5.74) is 2.06. The molecular formula is C12H11ClN2O2S. The first-order valence-corrected chi connectivity index (χ1v) is 6.39. The molecule has 2 aromatic rings. The number of carboxylic acids is 1. The zero-order valence-corrected chi connectivity index (χ0v) is 11.4. The predicted molar refractivity (Wildman–Crippen MR) is 73.3 cm³/mol. The molecule has 94 valence electrons. The number of halogens is 1. The van der Waals surface area contributed by atoms with Crippen LogP contribution >= 0.6 is 22.9 Å². The lowest BCUT2D eigenvalue weighted by molar-refractivity contribution is 0.0702. The highest BCUT2D eigenvalue weighted by Gasteiger charge is 2.19. The van der Waals surface area contributed by atoms with E-state index in [2.05, 4.69) is 4.98 Å². The van der Waals surface area contributed by atoms with E-state index >= 15 is 0 Å². The van der Waals surface area contributed by atoms with Crippen molar-refractivity contribution in [2.45, 2.75) is 6.92 Å². The number of thiazole rings is 1. The largest absolute Gasteiger partial charge is 0.477 e. The van der Waals surface area contributed by atoms with E-state index in [-0.39, 0.29) is 10.0 Å². The van der Waals surface area contributed by atoms with E-state index in [4.69, 9.17) is 16.7 Å². The molecule has 0 fully saturated rings. The first-order valence-electron chi connectivity index (χ1n) is 5.19. The minimum atomic E-state index is -1.05. The summed E-state index contributed by atoms with van der Waals surface area (Å²) in [6, 6.07) is 7.81. The van der Waals surface area contributed by atoms with Crippen molar-refractivity contribution in [1.29, 1.82) is 0 Å². The Morgan fingerprint density at radius 1 is 1.44 bits per heavy atom. The Bertz CT molecular complexity index is 598. The highest BCUT2D eigenvalue weighted by molar-refractivity contribution is 7.18. The summed E-state index contributed by atoms with van der Waals surface area (Å²) >= 11 is 6.87. The van der Waals surface area contributed by atoms with Crippen molar-refractivity contribution >= 4 is 39.7 Å². The van der Waals surface area contributed by atoms with Crippen molar-refractivity contribution in [3.05, 3.63) is 39.9 Å². The van der Waals surface area contributed by atoms with Crippen LogP contribution in [0.1, 0.15) is 15.2 Å². The fourth-order valence-corrected chi connectivity index (χ4v) is 2.71. The molecule has 0 amide bonds. The van der Waals surface area contributed by atoms with E-state index in [0.717, 1.165) is 22.6 Å². The second-order valence-corrected chi connectivity index (χ2v) is 5.10. The molecule has 0 saturated carbocycles. The van der Waals surface area contributed by atoms with Crippen LogP contribution in [0, 0.1) is 6.92 Å². The lowest BCUT2D eigenvalue weighted by Crippen LogP contribution is -2.10. The quantitative estimate of drug-likeness (QED) is 0.935. The molecule has 1 aromatic carbocycles. The second kappa shape index (κ2) is 4.96. The van der Waals surface area contributed by atoms with Crippen LogP contribution in [0.2, 0.25) is 5.15 Å². The third-order valence-corrected chi connectivity index (χ3v) is 4.04. The van der Waals surface area contributed by atoms with Crippen LogP contribution in [0.4, 0.5) is 10.8 Å². The Kier molecular flexibility index (Phi) is 3.54. The minimum Gasteiger partial charge on any atom is -0.477 e. The molecule has 1 heterocycles. The van der Waals surface area contributed by atoms with Gasteiger partial charge in [-0.25, -0.2) is 9.78 Å². The number of benzene rings is 1. The van der Waals surface area contributed by atoms with Gasteiger partial charge in [-0.3, -0.25) is 0 Å². The topological polar surface area (TPSA) is 53.4 Å². The van der Waals surface area contributed by atoms with E-state index in [9.17, 15) is 4.79 Å². The molecule has 18 heavy (non-hydrogen) atoms. The van der Waals surface area contributed by atoms with Crippen LogP contribution in [0.25, 0.3) is 0 Å². The average Bonchev–Trinajstić information content (AvgIpc) is 2.71. The van der Waals surface area contributed by atoms with Crippen LogP contribution in [-0.2, 0) is 0 Å². The number of para-hydroxylation sites is 1. The molecular weight excluding hydrogens is 272 g/mol. The van der Waals surface area contributed by atoms with Gasteiger partial charge in [0.15, 0.2) is 15.2 Å². The van der Waals surface area contributed by atoms with Gasteiger partial charge in [0.05, 0.1) is 0 Å². The summed E-state index contributed by atoms with van der Waals surface area (Å²) in [7, 11) is 1.84. The van der Waals surface area contributed by atoms with E-state index in [1.165, 1.54) is 0 Å². The normalized spacial score (nSPS) is 10.4. The van der Waals surface area contributed by atoms with Gasteiger partial charge >= 0.3 is 5.97 Å². The molecule has 2 rings (SSSR count). The molecule has 6 heteroatoms. The van der Waals surface area contributed by atoms with Crippen LogP contribution in [0.15, 0.2) is 24.3 Å². The molecule has 4 nitrogen and oxygen atoms in total. The molecule has 1 N–H and O–H groups in total. The fraction of sp³-hybridized carbons (Fsp3) is 0.167. The Balaban J connectivity index is 2.41.